The van der Waals surface area contributed by atoms with Gasteiger partial charge in [0.05, 0.1) is 23.9 Å². The molecule has 3 aromatic rings. The maximum atomic E-state index is 14.1. The van der Waals surface area contributed by atoms with E-state index in [1.165, 1.54) is 0 Å². The van der Waals surface area contributed by atoms with Crippen LogP contribution in [-0.4, -0.2) is 71.3 Å². The molecule has 4 bridgehead atoms. The molecule has 4 aliphatic carbocycles. The van der Waals surface area contributed by atoms with Crippen molar-refractivity contribution in [3.63, 3.8) is 0 Å². The molecule has 198 valence electrons. The van der Waals surface area contributed by atoms with Gasteiger partial charge in [-0.25, -0.2) is 13.8 Å². The largest absolute Gasteiger partial charge is 0.390 e. The van der Waals surface area contributed by atoms with Gasteiger partial charge < -0.3 is 24.9 Å². The van der Waals surface area contributed by atoms with E-state index in [-0.39, 0.29) is 25.0 Å². The van der Waals surface area contributed by atoms with E-state index >= 15 is 0 Å². The molecular formula is C26H34F2N8O. The van der Waals surface area contributed by atoms with Crippen molar-refractivity contribution in [1.29, 1.82) is 0 Å². The van der Waals surface area contributed by atoms with E-state index in [0.29, 0.717) is 47.5 Å². The summed E-state index contributed by atoms with van der Waals surface area (Å²) < 4.78 is 32.0. The Morgan fingerprint density at radius 1 is 1.11 bits per heavy atom. The lowest BCUT2D eigenvalue weighted by Gasteiger charge is -2.58. The summed E-state index contributed by atoms with van der Waals surface area (Å²) in [5.74, 6) is 0.599. The number of hydrogen-bond acceptors (Lipinski definition) is 7. The number of nitrogens with zero attached hydrogens (tertiary/aromatic N) is 6. The molecule has 8 rings (SSSR count). The molecule has 37 heavy (non-hydrogen) atoms. The number of hydrogen-bond donors (Lipinski definition) is 3. The van der Waals surface area contributed by atoms with Gasteiger partial charge in [-0.2, -0.15) is 9.97 Å². The maximum absolute atomic E-state index is 14.1. The molecule has 0 radical (unpaired) electrons. The molecule has 0 amide bonds. The highest BCUT2D eigenvalue weighted by atomic mass is 19.3. The van der Waals surface area contributed by atoms with E-state index in [0.717, 1.165) is 37.5 Å². The lowest BCUT2D eigenvalue weighted by Crippen LogP contribution is -2.59. The molecule has 11 heteroatoms. The molecule has 2 unspecified atom stereocenters. The summed E-state index contributed by atoms with van der Waals surface area (Å²) in [6.45, 7) is 0.210. The molecule has 1 aliphatic heterocycles. The van der Waals surface area contributed by atoms with Crippen molar-refractivity contribution in [2.24, 2.45) is 24.8 Å². The predicted molar refractivity (Wildman–Crippen MR) is 136 cm³/mol. The Hall–Kier alpha value is -2.79. The zero-order valence-electron chi connectivity index (χ0n) is 21.2. The van der Waals surface area contributed by atoms with Crippen LogP contribution >= 0.6 is 0 Å². The monoisotopic (exact) mass is 512 g/mol. The van der Waals surface area contributed by atoms with Crippen molar-refractivity contribution in [3.05, 3.63) is 24.8 Å². The third-order valence-corrected chi connectivity index (χ3v) is 9.15. The lowest BCUT2D eigenvalue weighted by molar-refractivity contribution is -0.129. The highest BCUT2D eigenvalue weighted by Crippen LogP contribution is 2.56. The first-order valence-electron chi connectivity index (χ1n) is 13.3. The molecule has 0 spiro atoms. The molecular weight excluding hydrogens is 478 g/mol. The number of likely N-dealkylation sites (N-methyl/N-ethyl adjacent to an activating group) is 1. The summed E-state index contributed by atoms with van der Waals surface area (Å²) in [7, 11) is 3.67. The Bertz CT molecular complexity index is 1320. The van der Waals surface area contributed by atoms with Gasteiger partial charge in [0, 0.05) is 44.5 Å². The number of aromatic nitrogens is 5. The van der Waals surface area contributed by atoms with E-state index in [1.807, 2.05) is 34.6 Å². The number of aryl methyl sites for hydroxylation is 1. The van der Waals surface area contributed by atoms with Crippen LogP contribution in [0.3, 0.4) is 0 Å². The van der Waals surface area contributed by atoms with Gasteiger partial charge in [0.2, 0.25) is 5.95 Å². The molecule has 3 atom stereocenters. The van der Waals surface area contributed by atoms with Gasteiger partial charge in [-0.1, -0.05) is 0 Å². The van der Waals surface area contributed by atoms with Crippen LogP contribution in [0.4, 0.5) is 26.4 Å². The van der Waals surface area contributed by atoms with E-state index in [1.54, 1.807) is 18.3 Å². The van der Waals surface area contributed by atoms with Gasteiger partial charge in [0.25, 0.3) is 5.92 Å². The van der Waals surface area contributed by atoms with Crippen molar-refractivity contribution in [3.8, 4) is 0 Å². The average molecular weight is 513 g/mol. The number of aliphatic hydroxyl groups is 1. The first-order chi connectivity index (χ1) is 17.6. The average Bonchev–Trinajstić information content (AvgIpc) is 3.47. The van der Waals surface area contributed by atoms with Crippen LogP contribution in [0, 0.1) is 17.8 Å². The fourth-order valence-corrected chi connectivity index (χ4v) is 7.83. The summed E-state index contributed by atoms with van der Waals surface area (Å²) in [6.07, 6.45) is 10.2. The van der Waals surface area contributed by atoms with Crippen LogP contribution in [0.5, 0.6) is 0 Å². The van der Waals surface area contributed by atoms with Crippen LogP contribution < -0.4 is 10.6 Å². The van der Waals surface area contributed by atoms with Crippen molar-refractivity contribution in [2.45, 2.75) is 68.7 Å². The third-order valence-electron chi connectivity index (χ3n) is 9.15. The number of halogens is 2. The molecule has 4 saturated carbocycles. The number of likely N-dealkylation sites (tertiary alicyclic amines) is 1. The molecule has 0 aromatic carbocycles. The highest BCUT2D eigenvalue weighted by molar-refractivity contribution is 5.90. The predicted octanol–water partition coefficient (Wildman–Crippen LogP) is 3.60. The highest BCUT2D eigenvalue weighted by Gasteiger charge is 2.55. The Labute approximate surface area is 214 Å². The second-order valence-corrected chi connectivity index (χ2v) is 12.1. The number of fused-ring (bicyclic) bond motifs is 1. The Balaban J connectivity index is 1.23. The van der Waals surface area contributed by atoms with Crippen LogP contribution in [0.1, 0.15) is 38.5 Å². The van der Waals surface area contributed by atoms with Crippen LogP contribution in [0.2, 0.25) is 0 Å². The fraction of sp³-hybridized carbons (Fsp3) is 0.654. The van der Waals surface area contributed by atoms with Crippen molar-refractivity contribution >= 4 is 28.6 Å². The van der Waals surface area contributed by atoms with Gasteiger partial charge in [0.1, 0.15) is 17.3 Å². The minimum Gasteiger partial charge on any atom is -0.390 e. The van der Waals surface area contributed by atoms with Gasteiger partial charge in [-0.15, -0.1) is 0 Å². The van der Waals surface area contributed by atoms with Crippen molar-refractivity contribution < 1.29 is 13.9 Å². The Morgan fingerprint density at radius 3 is 2.54 bits per heavy atom. The van der Waals surface area contributed by atoms with Crippen LogP contribution in [0.15, 0.2) is 24.8 Å². The summed E-state index contributed by atoms with van der Waals surface area (Å²) in [5.41, 5.74) is 0.205. The Morgan fingerprint density at radius 2 is 1.89 bits per heavy atom. The smallest absolute Gasteiger partial charge is 0.262 e. The number of imidazole rings is 1. The van der Waals surface area contributed by atoms with Crippen molar-refractivity contribution in [1.82, 2.24) is 29.0 Å². The maximum Gasteiger partial charge on any atom is 0.262 e. The normalized spacial score (nSPS) is 34.5. The van der Waals surface area contributed by atoms with E-state index < -0.39 is 11.5 Å². The first-order valence-corrected chi connectivity index (χ1v) is 13.3. The second kappa shape index (κ2) is 8.10. The molecule has 1 saturated heterocycles. The fourth-order valence-electron chi connectivity index (χ4n) is 7.83. The third kappa shape index (κ3) is 4.16. The molecule has 4 heterocycles. The summed E-state index contributed by atoms with van der Waals surface area (Å²) in [5, 5.41) is 18.8. The zero-order valence-corrected chi connectivity index (χ0v) is 21.2. The lowest BCUT2D eigenvalue weighted by atomic mass is 9.52. The number of nitrogens with one attached hydrogen (secondary N) is 2. The molecule has 5 fully saturated rings. The van der Waals surface area contributed by atoms with Crippen molar-refractivity contribution in [2.75, 3.05) is 24.2 Å². The summed E-state index contributed by atoms with van der Waals surface area (Å²) in [4.78, 5) is 15.9. The zero-order chi connectivity index (χ0) is 25.5. The SMILES string of the molecule is CN1CC(F)(F)C[C@H]1Cn1ccc2c(Nc3cn(C)cn3)nc(NC3C4CC5CC3CC(O)(C5)C4)nc21. The minimum absolute atomic E-state index is 0.159. The van der Waals surface area contributed by atoms with Gasteiger partial charge in [0.15, 0.2) is 0 Å². The van der Waals surface area contributed by atoms with E-state index in [2.05, 4.69) is 15.6 Å². The number of rotatable bonds is 6. The second-order valence-electron chi connectivity index (χ2n) is 12.1. The van der Waals surface area contributed by atoms with E-state index in [9.17, 15) is 13.9 Å². The molecule has 3 N–H and O–H groups in total. The molecule has 9 nitrogen and oxygen atoms in total. The molecule has 3 aromatic heterocycles. The van der Waals surface area contributed by atoms with Gasteiger partial charge in [-0.05, 0) is 63.0 Å². The molecule has 5 aliphatic rings. The van der Waals surface area contributed by atoms with Gasteiger partial charge in [-0.3, -0.25) is 4.90 Å². The minimum atomic E-state index is -2.67. The summed E-state index contributed by atoms with van der Waals surface area (Å²) >= 11 is 0. The number of anilines is 3. The Kier molecular flexibility index (Phi) is 5.11. The quantitative estimate of drug-likeness (QED) is 0.465. The standard InChI is InChI=1S/C26H34F2N8O/c1-34-12-20(29-14-34)30-22-19-3-4-36(11-18-10-26(27,28)13-35(18)2)23(19)33-24(32-22)31-21-16-5-15-6-17(21)9-25(37,7-15)8-16/h3-4,12,14-18,21,37H,5-11,13H2,1-2H3,(H2,30,31,32,33)/t15?,16?,17?,18-,21?,25?/m0/s1. The van der Waals surface area contributed by atoms with Gasteiger partial charge >= 0.3 is 0 Å². The summed E-state index contributed by atoms with van der Waals surface area (Å²) in [6, 6.07) is 1.89. The number of alkyl halides is 2. The van der Waals surface area contributed by atoms with Crippen LogP contribution in [-0.2, 0) is 13.6 Å². The first kappa shape index (κ1) is 23.3. The van der Waals surface area contributed by atoms with E-state index in [4.69, 9.17) is 9.97 Å². The topological polar surface area (TPSA) is 96.1 Å². The van der Waals surface area contributed by atoms with Crippen LogP contribution in [0.25, 0.3) is 11.0 Å².